The van der Waals surface area contributed by atoms with E-state index >= 15 is 0 Å². The maximum absolute atomic E-state index is 12.9. The summed E-state index contributed by atoms with van der Waals surface area (Å²) in [6, 6.07) is 16.1. The second-order valence-electron chi connectivity index (χ2n) is 5.04. The van der Waals surface area contributed by atoms with E-state index in [2.05, 4.69) is 10.3 Å². The van der Waals surface area contributed by atoms with Crippen molar-refractivity contribution in [2.24, 2.45) is 0 Å². The number of carbonyl (C=O) groups is 1. The SMILES string of the molecule is O=C(NCCc1ccccc1)c1csc(-c2ccc(F)cc2)n1. The lowest BCUT2D eigenvalue weighted by Gasteiger charge is -2.03. The molecule has 0 saturated heterocycles. The average Bonchev–Trinajstić information content (AvgIpc) is 3.06. The van der Waals surface area contributed by atoms with Gasteiger partial charge in [-0.1, -0.05) is 30.3 Å². The van der Waals surface area contributed by atoms with Crippen molar-refractivity contribution >= 4 is 17.2 Å². The molecule has 0 aliphatic carbocycles. The molecule has 1 N–H and O–H groups in total. The summed E-state index contributed by atoms with van der Waals surface area (Å²) in [5, 5.41) is 5.29. The Kier molecular flexibility index (Phi) is 4.78. The minimum atomic E-state index is -0.288. The van der Waals surface area contributed by atoms with Crippen LogP contribution in [-0.2, 0) is 6.42 Å². The lowest BCUT2D eigenvalue weighted by molar-refractivity contribution is 0.0950. The number of aromatic nitrogens is 1. The predicted octanol–water partition coefficient (Wildman–Crippen LogP) is 3.92. The highest BCUT2D eigenvalue weighted by molar-refractivity contribution is 7.13. The summed E-state index contributed by atoms with van der Waals surface area (Å²) in [7, 11) is 0. The van der Waals surface area contributed by atoms with Crippen molar-refractivity contribution in [3.63, 3.8) is 0 Å². The fourth-order valence-electron chi connectivity index (χ4n) is 2.16. The van der Waals surface area contributed by atoms with E-state index in [0.717, 1.165) is 12.0 Å². The number of benzene rings is 2. The van der Waals surface area contributed by atoms with Crippen LogP contribution >= 0.6 is 11.3 Å². The number of amides is 1. The van der Waals surface area contributed by atoms with E-state index in [4.69, 9.17) is 0 Å². The number of thiazole rings is 1. The van der Waals surface area contributed by atoms with Crippen LogP contribution in [0, 0.1) is 5.82 Å². The van der Waals surface area contributed by atoms with Crippen LogP contribution in [0.5, 0.6) is 0 Å². The lowest BCUT2D eigenvalue weighted by atomic mass is 10.1. The van der Waals surface area contributed by atoms with Crippen LogP contribution in [0.25, 0.3) is 10.6 Å². The highest BCUT2D eigenvalue weighted by Gasteiger charge is 2.11. The van der Waals surface area contributed by atoms with E-state index in [-0.39, 0.29) is 11.7 Å². The zero-order valence-electron chi connectivity index (χ0n) is 12.3. The third-order valence-electron chi connectivity index (χ3n) is 3.37. The average molecular weight is 326 g/mol. The van der Waals surface area contributed by atoms with Crippen molar-refractivity contribution in [3.05, 3.63) is 77.1 Å². The number of halogens is 1. The van der Waals surface area contributed by atoms with Gasteiger partial charge in [0.05, 0.1) is 0 Å². The van der Waals surface area contributed by atoms with E-state index < -0.39 is 0 Å². The molecule has 0 unspecified atom stereocenters. The summed E-state index contributed by atoms with van der Waals surface area (Å²) in [5.41, 5.74) is 2.38. The number of nitrogens with zero attached hydrogens (tertiary/aromatic N) is 1. The molecule has 1 aromatic heterocycles. The molecule has 0 saturated carbocycles. The van der Waals surface area contributed by atoms with Gasteiger partial charge in [-0.15, -0.1) is 11.3 Å². The fourth-order valence-corrected chi connectivity index (χ4v) is 2.96. The molecule has 0 spiro atoms. The first-order valence-corrected chi connectivity index (χ1v) is 8.14. The molecule has 0 radical (unpaired) electrons. The molecule has 1 heterocycles. The molecule has 23 heavy (non-hydrogen) atoms. The minimum absolute atomic E-state index is 0.189. The Balaban J connectivity index is 1.59. The van der Waals surface area contributed by atoms with Gasteiger partial charge in [0.1, 0.15) is 16.5 Å². The molecular formula is C18H15FN2OS. The maximum Gasteiger partial charge on any atom is 0.270 e. The third-order valence-corrected chi connectivity index (χ3v) is 4.26. The van der Waals surface area contributed by atoms with Crippen molar-refractivity contribution in [3.8, 4) is 10.6 Å². The van der Waals surface area contributed by atoms with Crippen molar-refractivity contribution in [2.75, 3.05) is 6.54 Å². The molecule has 116 valence electrons. The predicted molar refractivity (Wildman–Crippen MR) is 90.0 cm³/mol. The monoisotopic (exact) mass is 326 g/mol. The third kappa shape index (κ3) is 4.02. The van der Waals surface area contributed by atoms with Crippen molar-refractivity contribution < 1.29 is 9.18 Å². The van der Waals surface area contributed by atoms with E-state index in [0.29, 0.717) is 17.2 Å². The summed E-state index contributed by atoms with van der Waals surface area (Å²) >= 11 is 1.37. The molecule has 3 nitrogen and oxygen atoms in total. The number of rotatable bonds is 5. The number of nitrogens with one attached hydrogen (secondary N) is 1. The summed E-state index contributed by atoms with van der Waals surface area (Å²) in [5.74, 6) is -0.477. The highest BCUT2D eigenvalue weighted by atomic mass is 32.1. The summed E-state index contributed by atoms with van der Waals surface area (Å²) in [6.45, 7) is 0.562. The van der Waals surface area contributed by atoms with Gasteiger partial charge in [0.15, 0.2) is 0 Å². The summed E-state index contributed by atoms with van der Waals surface area (Å²) in [4.78, 5) is 16.4. The summed E-state index contributed by atoms with van der Waals surface area (Å²) < 4.78 is 12.9. The lowest BCUT2D eigenvalue weighted by Crippen LogP contribution is -2.25. The van der Waals surface area contributed by atoms with Gasteiger partial charge in [0, 0.05) is 17.5 Å². The van der Waals surface area contributed by atoms with E-state index in [1.807, 2.05) is 30.3 Å². The van der Waals surface area contributed by atoms with E-state index in [1.165, 1.54) is 29.0 Å². The standard InChI is InChI=1S/C18H15FN2OS/c19-15-8-6-14(7-9-15)18-21-16(12-23-18)17(22)20-11-10-13-4-2-1-3-5-13/h1-9,12H,10-11H2,(H,20,22). The molecule has 0 aliphatic heterocycles. The topological polar surface area (TPSA) is 42.0 Å². The van der Waals surface area contributed by atoms with Crippen LogP contribution in [0.15, 0.2) is 60.0 Å². The Morgan fingerprint density at radius 1 is 1.09 bits per heavy atom. The zero-order valence-corrected chi connectivity index (χ0v) is 13.1. The first-order valence-electron chi connectivity index (χ1n) is 7.26. The Hall–Kier alpha value is -2.53. The van der Waals surface area contributed by atoms with Gasteiger partial charge in [-0.3, -0.25) is 4.79 Å². The summed E-state index contributed by atoms with van der Waals surface area (Å²) in [6.07, 6.45) is 0.779. The van der Waals surface area contributed by atoms with Gasteiger partial charge in [-0.05, 0) is 36.2 Å². The minimum Gasteiger partial charge on any atom is -0.350 e. The number of hydrogen-bond donors (Lipinski definition) is 1. The van der Waals surface area contributed by atoms with Crippen LogP contribution < -0.4 is 5.32 Å². The molecule has 5 heteroatoms. The van der Waals surface area contributed by atoms with Crippen LogP contribution in [0.3, 0.4) is 0 Å². The van der Waals surface area contributed by atoms with Crippen LogP contribution in [0.1, 0.15) is 16.1 Å². The Bertz CT molecular complexity index is 784. The van der Waals surface area contributed by atoms with E-state index in [1.54, 1.807) is 17.5 Å². The maximum atomic E-state index is 12.9. The van der Waals surface area contributed by atoms with Crippen molar-refractivity contribution in [1.82, 2.24) is 10.3 Å². The van der Waals surface area contributed by atoms with Gasteiger partial charge in [-0.2, -0.15) is 0 Å². The first-order chi connectivity index (χ1) is 11.2. The van der Waals surface area contributed by atoms with Crippen LogP contribution in [-0.4, -0.2) is 17.4 Å². The molecule has 0 atom stereocenters. The van der Waals surface area contributed by atoms with Crippen molar-refractivity contribution in [2.45, 2.75) is 6.42 Å². The van der Waals surface area contributed by atoms with Crippen LogP contribution in [0.4, 0.5) is 4.39 Å². The Labute approximate surface area is 137 Å². The fraction of sp³-hybridized carbons (Fsp3) is 0.111. The smallest absolute Gasteiger partial charge is 0.270 e. The van der Waals surface area contributed by atoms with Gasteiger partial charge < -0.3 is 5.32 Å². The highest BCUT2D eigenvalue weighted by Crippen LogP contribution is 2.23. The van der Waals surface area contributed by atoms with Gasteiger partial charge in [0.2, 0.25) is 0 Å². The molecule has 3 aromatic rings. The molecule has 0 aliphatic rings. The largest absolute Gasteiger partial charge is 0.350 e. The quantitative estimate of drug-likeness (QED) is 0.772. The van der Waals surface area contributed by atoms with Crippen LogP contribution in [0.2, 0.25) is 0 Å². The molecule has 2 aromatic carbocycles. The zero-order chi connectivity index (χ0) is 16.1. The van der Waals surface area contributed by atoms with Gasteiger partial charge in [-0.25, -0.2) is 9.37 Å². The normalized spacial score (nSPS) is 10.5. The van der Waals surface area contributed by atoms with Gasteiger partial charge >= 0.3 is 0 Å². The Morgan fingerprint density at radius 2 is 1.83 bits per heavy atom. The molecule has 1 amide bonds. The number of hydrogen-bond acceptors (Lipinski definition) is 3. The van der Waals surface area contributed by atoms with E-state index in [9.17, 15) is 9.18 Å². The van der Waals surface area contributed by atoms with Gasteiger partial charge in [0.25, 0.3) is 5.91 Å². The molecule has 0 fully saturated rings. The molecule has 3 rings (SSSR count). The van der Waals surface area contributed by atoms with Crippen molar-refractivity contribution in [1.29, 1.82) is 0 Å². The first kappa shape index (κ1) is 15.4. The second kappa shape index (κ2) is 7.15. The Morgan fingerprint density at radius 3 is 2.57 bits per heavy atom. The number of carbonyl (C=O) groups excluding carboxylic acids is 1. The molecular weight excluding hydrogens is 311 g/mol. The second-order valence-corrected chi connectivity index (χ2v) is 5.89. The molecule has 0 bridgehead atoms.